The molecule has 2 aliphatic rings. The number of piperazine rings is 1. The van der Waals surface area contributed by atoms with Gasteiger partial charge in [0.2, 0.25) is 11.8 Å². The fourth-order valence-electron chi connectivity index (χ4n) is 3.80. The first-order valence-corrected chi connectivity index (χ1v) is 11.9. The van der Waals surface area contributed by atoms with Crippen molar-refractivity contribution in [2.45, 2.75) is 32.1 Å². The highest BCUT2D eigenvalue weighted by Gasteiger charge is 2.30. The second-order valence-corrected chi connectivity index (χ2v) is 9.82. The predicted molar refractivity (Wildman–Crippen MR) is 112 cm³/mol. The van der Waals surface area contributed by atoms with Crippen molar-refractivity contribution in [2.75, 3.05) is 26.2 Å². The van der Waals surface area contributed by atoms with E-state index in [9.17, 15) is 9.59 Å². The Balaban J connectivity index is 1.29. The zero-order chi connectivity index (χ0) is 18.8. The number of amides is 2. The van der Waals surface area contributed by atoms with E-state index >= 15 is 0 Å². The van der Waals surface area contributed by atoms with Gasteiger partial charge in [0.1, 0.15) is 5.01 Å². The predicted octanol–water partition coefficient (Wildman–Crippen LogP) is 4.04. The molecule has 3 heterocycles. The summed E-state index contributed by atoms with van der Waals surface area (Å²) in [4.78, 5) is 34.7. The summed E-state index contributed by atoms with van der Waals surface area (Å²) in [6.45, 7) is 2.58. The highest BCUT2D eigenvalue weighted by Crippen LogP contribution is 2.32. The number of hydrogen-bond acceptors (Lipinski definition) is 5. The minimum Gasteiger partial charge on any atom is -0.339 e. The smallest absolute Gasteiger partial charge is 0.228 e. The third-order valence-electron chi connectivity index (χ3n) is 5.31. The van der Waals surface area contributed by atoms with Gasteiger partial charge >= 0.3 is 0 Å². The monoisotopic (exact) mass is 467 g/mol. The molecule has 1 aliphatic carbocycles. The normalized spacial score (nSPS) is 18.3. The first kappa shape index (κ1) is 19.1. The van der Waals surface area contributed by atoms with Crippen molar-refractivity contribution in [2.24, 2.45) is 5.92 Å². The number of carbonyl (C=O) groups excluding carboxylic acids is 2. The Morgan fingerprint density at radius 1 is 1.07 bits per heavy atom. The van der Waals surface area contributed by atoms with Crippen LogP contribution < -0.4 is 0 Å². The van der Waals surface area contributed by atoms with Gasteiger partial charge in [-0.05, 0) is 34.8 Å². The maximum absolute atomic E-state index is 12.6. The van der Waals surface area contributed by atoms with Gasteiger partial charge in [0, 0.05) is 47.3 Å². The molecule has 0 spiro atoms. The van der Waals surface area contributed by atoms with Gasteiger partial charge in [-0.2, -0.15) is 0 Å². The molecular formula is C19H22BrN3O2S2. The largest absolute Gasteiger partial charge is 0.339 e. The van der Waals surface area contributed by atoms with E-state index in [-0.39, 0.29) is 11.8 Å². The van der Waals surface area contributed by atoms with E-state index < -0.39 is 0 Å². The molecule has 0 aromatic carbocycles. The zero-order valence-corrected chi connectivity index (χ0v) is 18.2. The quantitative estimate of drug-likeness (QED) is 0.681. The second kappa shape index (κ2) is 8.41. The number of halogens is 1. The van der Waals surface area contributed by atoms with Crippen LogP contribution in [0.15, 0.2) is 21.3 Å². The molecule has 2 aromatic heterocycles. The number of nitrogens with zero attached hydrogens (tertiary/aromatic N) is 3. The van der Waals surface area contributed by atoms with E-state index in [1.807, 2.05) is 20.6 Å². The van der Waals surface area contributed by atoms with Crippen molar-refractivity contribution in [1.29, 1.82) is 0 Å². The number of carbonyl (C=O) groups is 2. The molecule has 0 N–H and O–H groups in total. The van der Waals surface area contributed by atoms with Gasteiger partial charge in [-0.25, -0.2) is 4.98 Å². The lowest BCUT2D eigenvalue weighted by molar-refractivity contribution is -0.141. The molecule has 0 unspecified atom stereocenters. The van der Waals surface area contributed by atoms with Crippen LogP contribution in [0.5, 0.6) is 0 Å². The van der Waals surface area contributed by atoms with Crippen molar-refractivity contribution < 1.29 is 9.59 Å². The number of thiazole rings is 1. The first-order valence-electron chi connectivity index (χ1n) is 9.35. The molecule has 5 nitrogen and oxygen atoms in total. The fourth-order valence-corrected chi connectivity index (χ4v) is 6.13. The highest BCUT2D eigenvalue weighted by molar-refractivity contribution is 9.10. The number of aromatic nitrogens is 1. The Hall–Kier alpha value is -1.25. The SMILES string of the molecule is O=C(Cc1csc(-c2cc(Br)cs2)n1)N1CCN(C(=O)C2CCCC2)CC1. The molecule has 1 aliphatic heterocycles. The van der Waals surface area contributed by atoms with Gasteiger partial charge < -0.3 is 9.80 Å². The van der Waals surface area contributed by atoms with Crippen molar-refractivity contribution in [3.05, 3.63) is 27.0 Å². The second-order valence-electron chi connectivity index (χ2n) is 7.14. The van der Waals surface area contributed by atoms with Crippen LogP contribution in [0.3, 0.4) is 0 Å². The van der Waals surface area contributed by atoms with Crippen molar-refractivity contribution in [3.63, 3.8) is 0 Å². The van der Waals surface area contributed by atoms with Crippen LogP contribution in [-0.2, 0) is 16.0 Å². The third-order valence-corrected chi connectivity index (χ3v) is 8.06. The van der Waals surface area contributed by atoms with Crippen molar-refractivity contribution in [1.82, 2.24) is 14.8 Å². The summed E-state index contributed by atoms with van der Waals surface area (Å²) in [5.41, 5.74) is 0.828. The van der Waals surface area contributed by atoms with Crippen LogP contribution in [-0.4, -0.2) is 52.8 Å². The molecule has 1 saturated heterocycles. The summed E-state index contributed by atoms with van der Waals surface area (Å²) in [6.07, 6.45) is 4.75. The zero-order valence-electron chi connectivity index (χ0n) is 15.0. The first-order chi connectivity index (χ1) is 13.1. The molecule has 0 atom stereocenters. The Labute approximate surface area is 175 Å². The van der Waals surface area contributed by atoms with E-state index in [0.717, 1.165) is 32.9 Å². The lowest BCUT2D eigenvalue weighted by Crippen LogP contribution is -2.52. The van der Waals surface area contributed by atoms with Crippen LogP contribution >= 0.6 is 38.6 Å². The minimum absolute atomic E-state index is 0.104. The van der Waals surface area contributed by atoms with Crippen molar-refractivity contribution >= 4 is 50.4 Å². The molecule has 8 heteroatoms. The van der Waals surface area contributed by atoms with Crippen LogP contribution in [0.25, 0.3) is 9.88 Å². The van der Waals surface area contributed by atoms with E-state index in [4.69, 9.17) is 0 Å². The number of hydrogen-bond donors (Lipinski definition) is 0. The number of thiophene rings is 1. The van der Waals surface area contributed by atoms with Gasteiger partial charge in [0.25, 0.3) is 0 Å². The molecule has 27 heavy (non-hydrogen) atoms. The summed E-state index contributed by atoms with van der Waals surface area (Å²) < 4.78 is 1.06. The Morgan fingerprint density at radius 2 is 1.78 bits per heavy atom. The van der Waals surface area contributed by atoms with Crippen molar-refractivity contribution in [3.8, 4) is 9.88 Å². The number of rotatable bonds is 4. The van der Waals surface area contributed by atoms with E-state index in [0.29, 0.717) is 38.5 Å². The molecule has 1 saturated carbocycles. The molecule has 2 amide bonds. The average Bonchev–Trinajstić information content (AvgIpc) is 3.43. The van der Waals surface area contributed by atoms with Gasteiger partial charge in [0.15, 0.2) is 0 Å². The maximum Gasteiger partial charge on any atom is 0.228 e. The molecule has 4 rings (SSSR count). The van der Waals surface area contributed by atoms with E-state index in [2.05, 4.69) is 27.0 Å². The van der Waals surface area contributed by atoms with Gasteiger partial charge in [0.05, 0.1) is 17.0 Å². The van der Waals surface area contributed by atoms with Crippen LogP contribution in [0.4, 0.5) is 0 Å². The summed E-state index contributed by atoms with van der Waals surface area (Å²) >= 11 is 6.69. The molecular weight excluding hydrogens is 446 g/mol. The Kier molecular flexibility index (Phi) is 5.94. The Morgan fingerprint density at radius 3 is 2.44 bits per heavy atom. The van der Waals surface area contributed by atoms with E-state index in [1.165, 1.54) is 12.8 Å². The molecule has 0 bridgehead atoms. The summed E-state index contributed by atoms with van der Waals surface area (Å²) in [5, 5.41) is 4.97. The maximum atomic E-state index is 12.6. The molecule has 2 fully saturated rings. The lowest BCUT2D eigenvalue weighted by atomic mass is 10.1. The van der Waals surface area contributed by atoms with Crippen LogP contribution in [0, 0.1) is 5.92 Å². The van der Waals surface area contributed by atoms with Gasteiger partial charge in [-0.15, -0.1) is 22.7 Å². The topological polar surface area (TPSA) is 53.5 Å². The highest BCUT2D eigenvalue weighted by atomic mass is 79.9. The minimum atomic E-state index is 0.104. The molecule has 144 valence electrons. The average molecular weight is 468 g/mol. The summed E-state index contributed by atoms with van der Waals surface area (Å²) in [5.74, 6) is 0.621. The van der Waals surface area contributed by atoms with Crippen LogP contribution in [0.1, 0.15) is 31.4 Å². The Bertz CT molecular complexity index is 821. The van der Waals surface area contributed by atoms with Gasteiger partial charge in [-0.3, -0.25) is 9.59 Å². The molecule has 0 radical (unpaired) electrons. The summed E-state index contributed by atoms with van der Waals surface area (Å²) in [7, 11) is 0. The standard InChI is InChI=1S/C19H22BrN3O2S2/c20-14-9-16(26-11-14)18-21-15(12-27-18)10-17(24)22-5-7-23(8-6-22)19(25)13-3-1-2-4-13/h9,11-13H,1-8,10H2. The van der Waals surface area contributed by atoms with Gasteiger partial charge in [-0.1, -0.05) is 12.8 Å². The fraction of sp³-hybridized carbons (Fsp3) is 0.526. The molecule has 2 aromatic rings. The third kappa shape index (κ3) is 4.43. The van der Waals surface area contributed by atoms with Crippen LogP contribution in [0.2, 0.25) is 0 Å². The lowest BCUT2D eigenvalue weighted by Gasteiger charge is -2.36. The summed E-state index contributed by atoms with van der Waals surface area (Å²) in [6, 6.07) is 2.05. The van der Waals surface area contributed by atoms with E-state index in [1.54, 1.807) is 22.7 Å².